The third-order valence-corrected chi connectivity index (χ3v) is 1.97. The lowest BCUT2D eigenvalue weighted by Gasteiger charge is -2.08. The molecule has 1 unspecified atom stereocenters. The summed E-state index contributed by atoms with van der Waals surface area (Å²) in [6.07, 6.45) is -1.02. The Bertz CT molecular complexity index is 166. The minimum Gasteiger partial charge on any atom is -0.465 e. The van der Waals surface area contributed by atoms with Gasteiger partial charge < -0.3 is 10.4 Å². The Kier molecular flexibility index (Phi) is 5.39. The lowest BCUT2D eigenvalue weighted by Crippen LogP contribution is -2.32. The minimum atomic E-state index is -1.02. The molecule has 0 aliphatic heterocycles. The molecule has 0 radical (unpaired) electrons. The standard InChI is InChI=1S/C6H10N2O2S/c1-5(8-6(9)10)4-11-3-2-7/h5,8H,3-4H2,1H3,(H,9,10). The van der Waals surface area contributed by atoms with Gasteiger partial charge in [0.2, 0.25) is 0 Å². The van der Waals surface area contributed by atoms with Gasteiger partial charge in [0.15, 0.2) is 0 Å². The van der Waals surface area contributed by atoms with E-state index in [1.807, 2.05) is 6.07 Å². The summed E-state index contributed by atoms with van der Waals surface area (Å²) < 4.78 is 0. The van der Waals surface area contributed by atoms with Crippen LogP contribution in [-0.4, -0.2) is 28.7 Å². The van der Waals surface area contributed by atoms with Crippen molar-refractivity contribution in [3.05, 3.63) is 0 Å². The monoisotopic (exact) mass is 174 g/mol. The second kappa shape index (κ2) is 5.86. The van der Waals surface area contributed by atoms with Gasteiger partial charge in [-0.1, -0.05) is 0 Å². The molecule has 0 aliphatic rings. The van der Waals surface area contributed by atoms with Gasteiger partial charge in [-0.25, -0.2) is 4.79 Å². The van der Waals surface area contributed by atoms with Crippen molar-refractivity contribution in [2.45, 2.75) is 13.0 Å². The van der Waals surface area contributed by atoms with Crippen molar-refractivity contribution in [3.63, 3.8) is 0 Å². The van der Waals surface area contributed by atoms with Gasteiger partial charge in [0.1, 0.15) is 0 Å². The van der Waals surface area contributed by atoms with Gasteiger partial charge in [0, 0.05) is 11.8 Å². The summed E-state index contributed by atoms with van der Waals surface area (Å²) in [4.78, 5) is 10.1. The van der Waals surface area contributed by atoms with Crippen LogP contribution >= 0.6 is 11.8 Å². The summed E-state index contributed by atoms with van der Waals surface area (Å²) in [7, 11) is 0. The van der Waals surface area contributed by atoms with Crippen molar-refractivity contribution in [1.29, 1.82) is 5.26 Å². The zero-order chi connectivity index (χ0) is 8.69. The Balaban J connectivity index is 3.31. The number of nitrogens with zero attached hydrogens (tertiary/aromatic N) is 1. The molecule has 0 heterocycles. The van der Waals surface area contributed by atoms with Gasteiger partial charge in [-0.2, -0.15) is 5.26 Å². The highest BCUT2D eigenvalue weighted by Gasteiger charge is 2.03. The molecule has 2 N–H and O–H groups in total. The van der Waals surface area contributed by atoms with Crippen molar-refractivity contribution in [2.75, 3.05) is 11.5 Å². The first-order valence-corrected chi connectivity index (χ1v) is 4.26. The largest absolute Gasteiger partial charge is 0.465 e. The maximum Gasteiger partial charge on any atom is 0.404 e. The number of carbonyl (C=O) groups is 1. The summed E-state index contributed by atoms with van der Waals surface area (Å²) in [6.45, 7) is 1.76. The summed E-state index contributed by atoms with van der Waals surface area (Å²) >= 11 is 1.42. The first-order chi connectivity index (χ1) is 5.16. The number of thioether (sulfide) groups is 1. The van der Waals surface area contributed by atoms with Crippen LogP contribution in [0.4, 0.5) is 4.79 Å². The molecule has 0 aromatic carbocycles. The number of nitrogens with one attached hydrogen (secondary N) is 1. The number of amides is 1. The van der Waals surface area contributed by atoms with E-state index in [1.165, 1.54) is 11.8 Å². The van der Waals surface area contributed by atoms with Crippen LogP contribution in [0.25, 0.3) is 0 Å². The molecule has 1 amide bonds. The maximum absolute atomic E-state index is 10.1. The molecule has 0 saturated carbocycles. The first-order valence-electron chi connectivity index (χ1n) is 3.11. The van der Waals surface area contributed by atoms with Gasteiger partial charge in [-0.3, -0.25) is 0 Å². The van der Waals surface area contributed by atoms with Crippen LogP contribution in [0.1, 0.15) is 6.92 Å². The third-order valence-electron chi connectivity index (χ3n) is 0.904. The predicted octanol–water partition coefficient (Wildman–Crippen LogP) is 0.899. The van der Waals surface area contributed by atoms with E-state index in [9.17, 15) is 4.79 Å². The van der Waals surface area contributed by atoms with E-state index in [0.29, 0.717) is 11.5 Å². The molecule has 4 nitrogen and oxygen atoms in total. The molecule has 0 saturated heterocycles. The third kappa shape index (κ3) is 7.00. The molecule has 0 fully saturated rings. The van der Waals surface area contributed by atoms with E-state index in [2.05, 4.69) is 5.32 Å². The van der Waals surface area contributed by atoms with Crippen LogP contribution in [0.3, 0.4) is 0 Å². The fraction of sp³-hybridized carbons (Fsp3) is 0.667. The average Bonchev–Trinajstić information content (AvgIpc) is 1.86. The Hall–Kier alpha value is -0.890. The number of rotatable bonds is 4. The molecule has 0 rings (SSSR count). The highest BCUT2D eigenvalue weighted by atomic mass is 32.2. The lowest BCUT2D eigenvalue weighted by atomic mass is 10.4. The van der Waals surface area contributed by atoms with Crippen molar-refractivity contribution < 1.29 is 9.90 Å². The van der Waals surface area contributed by atoms with Gasteiger partial charge in [0.25, 0.3) is 0 Å². The highest BCUT2D eigenvalue weighted by molar-refractivity contribution is 7.99. The predicted molar refractivity (Wildman–Crippen MR) is 43.6 cm³/mol. The number of carboxylic acid groups (broad SMARTS) is 1. The van der Waals surface area contributed by atoms with Crippen LogP contribution in [0.2, 0.25) is 0 Å². The topological polar surface area (TPSA) is 73.1 Å². The fourth-order valence-electron chi connectivity index (χ4n) is 0.534. The molecule has 1 atom stereocenters. The van der Waals surface area contributed by atoms with Crippen LogP contribution in [-0.2, 0) is 0 Å². The van der Waals surface area contributed by atoms with Gasteiger partial charge in [-0.05, 0) is 6.92 Å². The molecule has 11 heavy (non-hydrogen) atoms. The molecule has 0 aromatic heterocycles. The zero-order valence-corrected chi connectivity index (χ0v) is 7.02. The molecule has 0 aliphatic carbocycles. The SMILES string of the molecule is CC(CSCC#N)NC(=O)O. The van der Waals surface area contributed by atoms with E-state index in [-0.39, 0.29) is 6.04 Å². The van der Waals surface area contributed by atoms with Crippen LogP contribution in [0.5, 0.6) is 0 Å². The Morgan fingerprint density at radius 2 is 2.55 bits per heavy atom. The maximum atomic E-state index is 10.1. The smallest absolute Gasteiger partial charge is 0.404 e. The molecule has 0 spiro atoms. The fourth-order valence-corrected chi connectivity index (χ4v) is 1.18. The Morgan fingerprint density at radius 3 is 3.00 bits per heavy atom. The molecule has 0 bridgehead atoms. The number of nitriles is 1. The molecule has 62 valence electrons. The van der Waals surface area contributed by atoms with Crippen LogP contribution < -0.4 is 5.32 Å². The average molecular weight is 174 g/mol. The Labute approximate surface area is 69.6 Å². The molecular weight excluding hydrogens is 164 g/mol. The summed E-state index contributed by atoms with van der Waals surface area (Å²) in [5, 5.41) is 18.7. The minimum absolute atomic E-state index is 0.0918. The Morgan fingerprint density at radius 1 is 1.91 bits per heavy atom. The quantitative estimate of drug-likeness (QED) is 0.621. The summed E-state index contributed by atoms with van der Waals surface area (Å²) in [5.74, 6) is 1.05. The second-order valence-electron chi connectivity index (χ2n) is 2.02. The molecule has 5 heteroatoms. The van der Waals surface area contributed by atoms with Gasteiger partial charge in [-0.15, -0.1) is 11.8 Å². The van der Waals surface area contributed by atoms with E-state index >= 15 is 0 Å². The second-order valence-corrected chi connectivity index (χ2v) is 3.05. The summed E-state index contributed by atoms with van der Waals surface area (Å²) in [5.41, 5.74) is 0. The molecular formula is C6H10N2O2S. The van der Waals surface area contributed by atoms with Crippen molar-refractivity contribution in [2.24, 2.45) is 0 Å². The number of hydrogen-bond donors (Lipinski definition) is 2. The van der Waals surface area contributed by atoms with Crippen molar-refractivity contribution in [1.82, 2.24) is 5.32 Å². The van der Waals surface area contributed by atoms with Gasteiger partial charge in [0.05, 0.1) is 11.8 Å². The molecule has 0 aromatic rings. The van der Waals surface area contributed by atoms with E-state index in [0.717, 1.165) is 0 Å². The summed E-state index contributed by atoms with van der Waals surface area (Å²) in [6, 6.07) is 1.87. The lowest BCUT2D eigenvalue weighted by molar-refractivity contribution is 0.192. The highest BCUT2D eigenvalue weighted by Crippen LogP contribution is 2.00. The normalized spacial score (nSPS) is 11.6. The van der Waals surface area contributed by atoms with Crippen LogP contribution in [0, 0.1) is 11.3 Å². The van der Waals surface area contributed by atoms with Crippen molar-refractivity contribution >= 4 is 17.9 Å². The van der Waals surface area contributed by atoms with Crippen molar-refractivity contribution in [3.8, 4) is 6.07 Å². The first kappa shape index (κ1) is 10.1. The number of hydrogen-bond acceptors (Lipinski definition) is 3. The van der Waals surface area contributed by atoms with Crippen LogP contribution in [0.15, 0.2) is 0 Å². The van der Waals surface area contributed by atoms with Gasteiger partial charge >= 0.3 is 6.09 Å². The zero-order valence-electron chi connectivity index (χ0n) is 6.20. The van der Waals surface area contributed by atoms with E-state index in [4.69, 9.17) is 10.4 Å². The van der Waals surface area contributed by atoms with E-state index < -0.39 is 6.09 Å². The van der Waals surface area contributed by atoms with E-state index in [1.54, 1.807) is 6.92 Å².